The predicted octanol–water partition coefficient (Wildman–Crippen LogP) is 6.93. The van der Waals surface area contributed by atoms with Crippen LogP contribution in [0.25, 0.3) is 16.7 Å². The molecule has 4 rings (SSSR count). The van der Waals surface area contributed by atoms with E-state index in [9.17, 15) is 14.7 Å². The van der Waals surface area contributed by atoms with E-state index in [4.69, 9.17) is 16.0 Å². The molecular formula is C24H25ClN2O4S. The fraction of sp³-hybridized carbons (Fsp3) is 0.208. The molecule has 1 aliphatic rings. The number of thiophene rings is 1. The van der Waals surface area contributed by atoms with E-state index in [2.05, 4.69) is 10.3 Å². The third-order valence-electron chi connectivity index (χ3n) is 4.35. The number of hydrogen-bond donors (Lipinski definition) is 2. The number of aryl methyl sites for hydroxylation is 1. The Kier molecular flexibility index (Phi) is 9.43. The number of aldehydes is 1. The third-order valence-corrected chi connectivity index (χ3v) is 5.63. The van der Waals surface area contributed by atoms with Gasteiger partial charge in [0.05, 0.1) is 0 Å². The van der Waals surface area contributed by atoms with Gasteiger partial charge in [-0.15, -0.1) is 11.3 Å². The quantitative estimate of drug-likeness (QED) is 0.400. The molecule has 0 unspecified atom stereocenters. The molecule has 0 aliphatic heterocycles. The van der Waals surface area contributed by atoms with Crippen LogP contribution < -0.4 is 5.32 Å². The van der Waals surface area contributed by atoms with Crippen molar-refractivity contribution in [1.29, 1.82) is 0 Å². The molecule has 0 fully saturated rings. The number of nitrogens with one attached hydrogen (secondary N) is 1. The average Bonchev–Trinajstić information content (AvgIpc) is 3.37. The van der Waals surface area contributed by atoms with Crippen molar-refractivity contribution in [3.05, 3.63) is 75.5 Å². The van der Waals surface area contributed by atoms with Gasteiger partial charge in [0.1, 0.15) is 16.1 Å². The first kappa shape index (κ1) is 25.1. The van der Waals surface area contributed by atoms with Gasteiger partial charge in [-0.25, -0.2) is 9.78 Å². The van der Waals surface area contributed by atoms with E-state index in [0.29, 0.717) is 33.9 Å². The molecule has 0 saturated heterocycles. The summed E-state index contributed by atoms with van der Waals surface area (Å²) in [6.45, 7) is 5.93. The zero-order valence-corrected chi connectivity index (χ0v) is 19.9. The van der Waals surface area contributed by atoms with Crippen LogP contribution in [0.5, 0.6) is 0 Å². The molecule has 0 saturated carbocycles. The van der Waals surface area contributed by atoms with Gasteiger partial charge in [-0.3, -0.25) is 4.79 Å². The second-order valence-electron chi connectivity index (χ2n) is 6.32. The molecule has 6 nitrogen and oxygen atoms in total. The molecule has 168 valence electrons. The molecule has 32 heavy (non-hydrogen) atoms. The van der Waals surface area contributed by atoms with Crippen molar-refractivity contribution in [2.45, 2.75) is 27.2 Å². The van der Waals surface area contributed by atoms with Crippen LogP contribution in [0.4, 0.5) is 5.00 Å². The van der Waals surface area contributed by atoms with Crippen LogP contribution in [0, 0.1) is 6.92 Å². The Morgan fingerprint density at radius 2 is 2.03 bits per heavy atom. The van der Waals surface area contributed by atoms with Crippen molar-refractivity contribution in [3.8, 4) is 0 Å². The molecule has 0 atom stereocenters. The number of rotatable bonds is 4. The van der Waals surface area contributed by atoms with Gasteiger partial charge in [0.15, 0.2) is 5.58 Å². The fourth-order valence-electron chi connectivity index (χ4n) is 2.92. The monoisotopic (exact) mass is 472 g/mol. The maximum Gasteiger partial charge on any atom is 0.339 e. The lowest BCUT2D eigenvalue weighted by molar-refractivity contribution is 0.0698. The number of carbonyl (C=O) groups excluding carboxylic acids is 1. The number of anilines is 1. The number of nitrogens with zero attached hydrogens (tertiary/aromatic N) is 1. The highest BCUT2D eigenvalue weighted by molar-refractivity contribution is 7.14. The fourth-order valence-corrected chi connectivity index (χ4v) is 4.00. The minimum atomic E-state index is -0.923. The van der Waals surface area contributed by atoms with Crippen molar-refractivity contribution in [2.75, 3.05) is 12.4 Å². The molecule has 2 aromatic heterocycles. The molecule has 2 N–H and O–H groups in total. The number of para-hydroxylation sites is 1. The van der Waals surface area contributed by atoms with Crippen LogP contribution in [-0.2, 0) is 0 Å². The van der Waals surface area contributed by atoms with E-state index >= 15 is 0 Å². The highest BCUT2D eigenvalue weighted by atomic mass is 35.5. The van der Waals surface area contributed by atoms with Gasteiger partial charge in [-0.2, -0.15) is 0 Å². The number of hydrogen-bond acceptors (Lipinski definition) is 6. The normalized spacial score (nSPS) is 12.4. The third kappa shape index (κ3) is 5.96. The summed E-state index contributed by atoms with van der Waals surface area (Å²) in [6.07, 6.45) is 8.80. The molecule has 1 aliphatic carbocycles. The van der Waals surface area contributed by atoms with Crippen molar-refractivity contribution in [1.82, 2.24) is 4.98 Å². The van der Waals surface area contributed by atoms with Crippen molar-refractivity contribution in [2.24, 2.45) is 0 Å². The van der Waals surface area contributed by atoms with Gasteiger partial charge in [-0.05, 0) is 36.6 Å². The standard InChI is InChI=1S/C13H12ClNO2S.C9H7NO2.C2H6/c1-15-12-11(13(16)17)10(7-18-12)8-3-2-4-9(14)6-5-8;1-6-3-2-4-7-9(6)10-8(5-11)12-7;1-2/h3-7,15H,2H2,1H3,(H,16,17);2-5H,1H3;1-2H3. The molecule has 0 amide bonds. The van der Waals surface area contributed by atoms with Gasteiger partial charge in [0, 0.05) is 23.0 Å². The lowest BCUT2D eigenvalue weighted by atomic mass is 10.0. The summed E-state index contributed by atoms with van der Waals surface area (Å²) >= 11 is 7.31. The first-order chi connectivity index (χ1) is 15.4. The molecule has 0 radical (unpaired) electrons. The highest BCUT2D eigenvalue weighted by Gasteiger charge is 2.19. The zero-order chi connectivity index (χ0) is 23.7. The van der Waals surface area contributed by atoms with Gasteiger partial charge in [0.2, 0.25) is 6.29 Å². The van der Waals surface area contributed by atoms with Gasteiger partial charge >= 0.3 is 5.97 Å². The Morgan fingerprint density at radius 1 is 1.28 bits per heavy atom. The number of carboxylic acids is 1. The van der Waals surface area contributed by atoms with Crippen LogP contribution in [0.3, 0.4) is 0 Å². The first-order valence-electron chi connectivity index (χ1n) is 10.0. The number of oxazole rings is 1. The summed E-state index contributed by atoms with van der Waals surface area (Å²) in [6, 6.07) is 5.60. The Hall–Kier alpha value is -3.16. The smallest absolute Gasteiger partial charge is 0.339 e. The number of allylic oxidation sites excluding steroid dienone is 6. The minimum absolute atomic E-state index is 0.138. The molecule has 1 aromatic carbocycles. The first-order valence-corrected chi connectivity index (χ1v) is 11.3. The maximum atomic E-state index is 11.3. The van der Waals surface area contributed by atoms with Gasteiger partial charge in [-0.1, -0.05) is 55.8 Å². The number of fused-ring (bicyclic) bond motifs is 1. The number of carbonyl (C=O) groups is 2. The lowest BCUT2D eigenvalue weighted by Crippen LogP contribution is -2.02. The Morgan fingerprint density at radius 3 is 2.66 bits per heavy atom. The summed E-state index contributed by atoms with van der Waals surface area (Å²) in [5, 5.41) is 15.4. The molecule has 0 bridgehead atoms. The minimum Gasteiger partial charge on any atom is -0.478 e. The van der Waals surface area contributed by atoms with E-state index < -0.39 is 5.97 Å². The van der Waals surface area contributed by atoms with Crippen molar-refractivity contribution < 1.29 is 19.1 Å². The van der Waals surface area contributed by atoms with Crippen molar-refractivity contribution in [3.63, 3.8) is 0 Å². The highest BCUT2D eigenvalue weighted by Crippen LogP contribution is 2.34. The topological polar surface area (TPSA) is 92.4 Å². The number of halogens is 1. The number of benzene rings is 1. The van der Waals surface area contributed by atoms with Crippen LogP contribution >= 0.6 is 22.9 Å². The molecule has 2 heterocycles. The Bertz CT molecular complexity index is 1190. The van der Waals surface area contributed by atoms with Crippen LogP contribution in [0.1, 0.15) is 52.4 Å². The average molecular weight is 473 g/mol. The van der Waals surface area contributed by atoms with E-state index in [0.717, 1.165) is 22.2 Å². The Labute approximate surface area is 195 Å². The summed E-state index contributed by atoms with van der Waals surface area (Å²) in [7, 11) is 1.72. The zero-order valence-electron chi connectivity index (χ0n) is 18.3. The SMILES string of the molecule is CC.CNc1scc(C2=CCC=C(Cl)C=C2)c1C(=O)O.Cc1cccc2oc(C=O)nc12. The number of aromatic nitrogens is 1. The van der Waals surface area contributed by atoms with E-state index in [-0.39, 0.29) is 5.89 Å². The molecule has 3 aromatic rings. The summed E-state index contributed by atoms with van der Waals surface area (Å²) in [5.74, 6) is -0.785. The number of aromatic carboxylic acids is 1. The molecule has 0 spiro atoms. The predicted molar refractivity (Wildman–Crippen MR) is 132 cm³/mol. The maximum absolute atomic E-state index is 11.3. The summed E-state index contributed by atoms with van der Waals surface area (Å²) in [4.78, 5) is 25.7. The van der Waals surface area contributed by atoms with Crippen molar-refractivity contribution >= 4 is 56.9 Å². The molecular weight excluding hydrogens is 448 g/mol. The lowest BCUT2D eigenvalue weighted by Gasteiger charge is -2.03. The van der Waals surface area contributed by atoms with E-state index in [1.165, 1.54) is 11.3 Å². The number of carboxylic acid groups (broad SMARTS) is 1. The van der Waals surface area contributed by atoms with E-state index in [1.807, 2.05) is 56.5 Å². The van der Waals surface area contributed by atoms with Gasteiger partial charge < -0.3 is 14.8 Å². The van der Waals surface area contributed by atoms with Gasteiger partial charge in [0.25, 0.3) is 5.89 Å². The van der Waals surface area contributed by atoms with E-state index in [1.54, 1.807) is 19.2 Å². The second kappa shape index (κ2) is 12.0. The van der Waals surface area contributed by atoms with Crippen LogP contribution in [0.2, 0.25) is 0 Å². The second-order valence-corrected chi connectivity index (χ2v) is 7.63. The molecule has 8 heteroatoms. The van der Waals surface area contributed by atoms with Crippen LogP contribution in [0.15, 0.2) is 57.3 Å². The largest absolute Gasteiger partial charge is 0.478 e. The summed E-state index contributed by atoms with van der Waals surface area (Å²) in [5.41, 5.74) is 4.38. The van der Waals surface area contributed by atoms with Crippen LogP contribution in [-0.4, -0.2) is 29.4 Å². The summed E-state index contributed by atoms with van der Waals surface area (Å²) < 4.78 is 5.12. The Balaban J connectivity index is 0.000000224.